The molecule has 1 fully saturated rings. The Hall–Kier alpha value is -2.51. The summed E-state index contributed by atoms with van der Waals surface area (Å²) in [6.45, 7) is 5.46. The molecule has 2 N–H and O–H groups in total. The van der Waals surface area contributed by atoms with E-state index in [1.165, 1.54) is 0 Å². The van der Waals surface area contributed by atoms with Crippen LogP contribution in [0, 0.1) is 19.3 Å². The van der Waals surface area contributed by atoms with Gasteiger partial charge in [-0.15, -0.1) is 5.10 Å². The summed E-state index contributed by atoms with van der Waals surface area (Å²) in [5.41, 5.74) is 0.828. The maximum atomic E-state index is 12.3. The molecule has 1 aliphatic carbocycles. The number of rotatable bonds is 4. The second kappa shape index (κ2) is 5.85. The highest BCUT2D eigenvalue weighted by atomic mass is 16.4. The molecule has 2 unspecified atom stereocenters. The van der Waals surface area contributed by atoms with Crippen molar-refractivity contribution in [3.05, 3.63) is 23.3 Å². The van der Waals surface area contributed by atoms with Crippen LogP contribution in [-0.2, 0) is 16.0 Å². The number of nitrogens with one attached hydrogen (secondary N) is 1. The quantitative estimate of drug-likeness (QED) is 0.866. The van der Waals surface area contributed by atoms with Gasteiger partial charge >= 0.3 is 5.97 Å². The SMILES string of the molecule is Cc1cc(C)n2nc(CC(=O)NC3CCCC3(C)C(=O)O)nc2n1. The summed E-state index contributed by atoms with van der Waals surface area (Å²) in [6.07, 6.45) is 2.05. The molecule has 2 heterocycles. The number of hydrogen-bond acceptors (Lipinski definition) is 5. The largest absolute Gasteiger partial charge is 0.481 e. The molecule has 2 aromatic heterocycles. The lowest BCUT2D eigenvalue weighted by Gasteiger charge is -2.27. The maximum absolute atomic E-state index is 12.3. The monoisotopic (exact) mass is 331 g/mol. The average Bonchev–Trinajstić information content (AvgIpc) is 3.04. The summed E-state index contributed by atoms with van der Waals surface area (Å²) in [4.78, 5) is 32.3. The van der Waals surface area contributed by atoms with Crippen molar-refractivity contribution in [2.75, 3.05) is 0 Å². The molecule has 8 heteroatoms. The van der Waals surface area contributed by atoms with Crippen LogP contribution in [-0.4, -0.2) is 42.6 Å². The highest BCUT2D eigenvalue weighted by Crippen LogP contribution is 2.38. The number of carbonyl (C=O) groups excluding carboxylic acids is 1. The lowest BCUT2D eigenvalue weighted by Crippen LogP contribution is -2.47. The van der Waals surface area contributed by atoms with Gasteiger partial charge in [-0.1, -0.05) is 6.42 Å². The molecular formula is C16H21N5O3. The van der Waals surface area contributed by atoms with E-state index in [9.17, 15) is 14.7 Å². The molecular weight excluding hydrogens is 310 g/mol. The topological polar surface area (TPSA) is 109 Å². The predicted octanol–water partition coefficient (Wildman–Crippen LogP) is 1.04. The molecule has 0 aromatic carbocycles. The molecule has 0 saturated heterocycles. The van der Waals surface area contributed by atoms with Gasteiger partial charge in [0.05, 0.1) is 11.8 Å². The Morgan fingerprint density at radius 2 is 2.17 bits per heavy atom. The number of aryl methyl sites for hydroxylation is 2. The standard InChI is InChI=1S/C16H21N5O3/c1-9-7-10(2)21-15(17-9)19-12(20-21)8-13(22)18-11-5-4-6-16(11,3)14(23)24/h7,11H,4-6,8H2,1-3H3,(H,18,22)(H,23,24). The van der Waals surface area contributed by atoms with E-state index in [-0.39, 0.29) is 18.4 Å². The Kier molecular flexibility index (Phi) is 3.98. The van der Waals surface area contributed by atoms with Crippen molar-refractivity contribution in [1.29, 1.82) is 0 Å². The Morgan fingerprint density at radius 3 is 2.88 bits per heavy atom. The lowest BCUT2D eigenvalue weighted by atomic mass is 9.85. The normalized spacial score (nSPS) is 23.5. The fourth-order valence-electron chi connectivity index (χ4n) is 3.33. The van der Waals surface area contributed by atoms with Crippen LogP contribution >= 0.6 is 0 Å². The fourth-order valence-corrected chi connectivity index (χ4v) is 3.33. The summed E-state index contributed by atoms with van der Waals surface area (Å²) < 4.78 is 1.60. The number of carboxylic acids is 1. The van der Waals surface area contributed by atoms with E-state index in [0.717, 1.165) is 17.8 Å². The summed E-state index contributed by atoms with van der Waals surface area (Å²) in [7, 11) is 0. The second-order valence-electron chi connectivity index (χ2n) is 6.69. The molecule has 1 aliphatic rings. The zero-order chi connectivity index (χ0) is 17.5. The molecule has 0 radical (unpaired) electrons. The van der Waals surface area contributed by atoms with Gasteiger partial charge in [0.2, 0.25) is 5.91 Å². The third-order valence-electron chi connectivity index (χ3n) is 4.76. The Morgan fingerprint density at radius 1 is 1.42 bits per heavy atom. The molecule has 0 aliphatic heterocycles. The van der Waals surface area contributed by atoms with Crippen LogP contribution in [0.2, 0.25) is 0 Å². The number of aliphatic carboxylic acids is 1. The van der Waals surface area contributed by atoms with Crippen LogP contribution in [0.5, 0.6) is 0 Å². The number of carbonyl (C=O) groups is 2. The molecule has 0 spiro atoms. The third-order valence-corrected chi connectivity index (χ3v) is 4.76. The molecule has 1 amide bonds. The first-order chi connectivity index (χ1) is 11.3. The fraction of sp³-hybridized carbons (Fsp3) is 0.562. The third kappa shape index (κ3) is 2.83. The van der Waals surface area contributed by atoms with Crippen molar-refractivity contribution in [2.24, 2.45) is 5.41 Å². The molecule has 24 heavy (non-hydrogen) atoms. The van der Waals surface area contributed by atoms with Crippen LogP contribution in [0.1, 0.15) is 43.4 Å². The van der Waals surface area contributed by atoms with Crippen LogP contribution in [0.25, 0.3) is 5.78 Å². The van der Waals surface area contributed by atoms with E-state index >= 15 is 0 Å². The zero-order valence-corrected chi connectivity index (χ0v) is 14.0. The number of carboxylic acid groups (broad SMARTS) is 1. The predicted molar refractivity (Wildman–Crippen MR) is 85.5 cm³/mol. The zero-order valence-electron chi connectivity index (χ0n) is 14.0. The molecule has 128 valence electrons. The first-order valence-corrected chi connectivity index (χ1v) is 8.02. The highest BCUT2D eigenvalue weighted by Gasteiger charge is 2.45. The van der Waals surface area contributed by atoms with Gasteiger partial charge in [0.25, 0.3) is 5.78 Å². The van der Waals surface area contributed by atoms with E-state index in [0.29, 0.717) is 24.4 Å². The molecule has 3 rings (SSSR count). The first kappa shape index (κ1) is 16.4. The highest BCUT2D eigenvalue weighted by molar-refractivity contribution is 5.81. The summed E-state index contributed by atoms with van der Waals surface area (Å²) in [5, 5.41) is 16.6. The molecule has 2 atom stereocenters. The Balaban J connectivity index is 1.73. The van der Waals surface area contributed by atoms with Gasteiger partial charge < -0.3 is 10.4 Å². The van der Waals surface area contributed by atoms with Gasteiger partial charge in [-0.3, -0.25) is 9.59 Å². The first-order valence-electron chi connectivity index (χ1n) is 8.02. The lowest BCUT2D eigenvalue weighted by molar-refractivity contribution is -0.149. The Labute approximate surface area is 139 Å². The van der Waals surface area contributed by atoms with E-state index in [1.807, 2.05) is 19.9 Å². The van der Waals surface area contributed by atoms with Crippen molar-refractivity contribution >= 4 is 17.7 Å². The molecule has 0 bridgehead atoms. The molecule has 8 nitrogen and oxygen atoms in total. The van der Waals surface area contributed by atoms with Crippen molar-refractivity contribution in [2.45, 2.75) is 52.5 Å². The van der Waals surface area contributed by atoms with Gasteiger partial charge in [-0.2, -0.15) is 4.98 Å². The van der Waals surface area contributed by atoms with Crippen LogP contribution in [0.3, 0.4) is 0 Å². The number of fused-ring (bicyclic) bond motifs is 1. The van der Waals surface area contributed by atoms with Gasteiger partial charge in [0.15, 0.2) is 5.82 Å². The molecule has 1 saturated carbocycles. The van der Waals surface area contributed by atoms with E-state index in [4.69, 9.17) is 0 Å². The minimum atomic E-state index is -0.905. The van der Waals surface area contributed by atoms with E-state index in [1.54, 1.807) is 11.4 Å². The van der Waals surface area contributed by atoms with Crippen molar-refractivity contribution < 1.29 is 14.7 Å². The van der Waals surface area contributed by atoms with Crippen molar-refractivity contribution in [1.82, 2.24) is 24.9 Å². The summed E-state index contributed by atoms with van der Waals surface area (Å²) in [6, 6.07) is 1.53. The van der Waals surface area contributed by atoms with Gasteiger partial charge in [0, 0.05) is 17.4 Å². The minimum Gasteiger partial charge on any atom is -0.481 e. The van der Waals surface area contributed by atoms with Gasteiger partial charge in [-0.25, -0.2) is 9.50 Å². The van der Waals surface area contributed by atoms with Crippen LogP contribution in [0.4, 0.5) is 0 Å². The van der Waals surface area contributed by atoms with Crippen molar-refractivity contribution in [3.63, 3.8) is 0 Å². The van der Waals surface area contributed by atoms with Crippen LogP contribution in [0.15, 0.2) is 6.07 Å². The average molecular weight is 331 g/mol. The summed E-state index contributed by atoms with van der Waals surface area (Å²) >= 11 is 0. The van der Waals surface area contributed by atoms with Crippen LogP contribution < -0.4 is 5.32 Å². The van der Waals surface area contributed by atoms with E-state index < -0.39 is 11.4 Å². The second-order valence-corrected chi connectivity index (χ2v) is 6.69. The Bertz CT molecular complexity index is 815. The minimum absolute atomic E-state index is 0.00798. The van der Waals surface area contributed by atoms with E-state index in [2.05, 4.69) is 20.4 Å². The summed E-state index contributed by atoms with van der Waals surface area (Å²) in [5.74, 6) is -0.290. The number of amides is 1. The van der Waals surface area contributed by atoms with Gasteiger partial charge in [-0.05, 0) is 39.7 Å². The van der Waals surface area contributed by atoms with Crippen molar-refractivity contribution in [3.8, 4) is 0 Å². The molecule has 2 aromatic rings. The number of aromatic nitrogens is 4. The maximum Gasteiger partial charge on any atom is 0.311 e. The number of hydrogen-bond donors (Lipinski definition) is 2. The number of nitrogens with zero attached hydrogens (tertiary/aromatic N) is 4. The van der Waals surface area contributed by atoms with Gasteiger partial charge in [0.1, 0.15) is 0 Å². The smallest absolute Gasteiger partial charge is 0.311 e.